The number of hydrogen-bond acceptors (Lipinski definition) is 4. The van der Waals surface area contributed by atoms with Crippen LogP contribution in [0.2, 0.25) is 5.02 Å². The molecule has 0 aliphatic heterocycles. The van der Waals surface area contributed by atoms with Crippen LogP contribution in [0.3, 0.4) is 0 Å². The Kier molecular flexibility index (Phi) is 5.13. The molecule has 4 rings (SSSR count). The van der Waals surface area contributed by atoms with Crippen molar-refractivity contribution in [2.45, 2.75) is 13.0 Å². The van der Waals surface area contributed by atoms with E-state index in [1.54, 1.807) is 22.8 Å². The SMILES string of the molecule is [C-]#[N+]c1ccc(N)nc1N[C@@H](C)c1cc2cccc(Cl)c2c(=O)n1-c1ccccc1. The number of halogens is 1. The summed E-state index contributed by atoms with van der Waals surface area (Å²) in [4.78, 5) is 21.2. The highest BCUT2D eigenvalue weighted by atomic mass is 35.5. The van der Waals surface area contributed by atoms with Crippen molar-refractivity contribution in [3.63, 3.8) is 0 Å². The number of anilines is 2. The molecule has 2 aromatic heterocycles. The normalized spacial score (nSPS) is 11.8. The summed E-state index contributed by atoms with van der Waals surface area (Å²) in [6, 6.07) is 19.5. The minimum absolute atomic E-state index is 0.209. The Labute approximate surface area is 178 Å². The van der Waals surface area contributed by atoms with Gasteiger partial charge in [0.25, 0.3) is 5.56 Å². The second kappa shape index (κ2) is 7.90. The molecule has 0 unspecified atom stereocenters. The Morgan fingerprint density at radius 2 is 1.90 bits per heavy atom. The average molecular weight is 416 g/mol. The molecular formula is C23H18ClN5O. The number of nitrogens with zero attached hydrogens (tertiary/aromatic N) is 3. The molecule has 3 N–H and O–H groups in total. The number of hydrogen-bond donors (Lipinski definition) is 2. The molecule has 4 aromatic rings. The fraction of sp³-hybridized carbons (Fsp3) is 0.0870. The van der Waals surface area contributed by atoms with E-state index in [0.29, 0.717) is 33.4 Å². The summed E-state index contributed by atoms with van der Waals surface area (Å²) in [6.45, 7) is 9.29. The van der Waals surface area contributed by atoms with Gasteiger partial charge in [0.15, 0.2) is 0 Å². The van der Waals surface area contributed by atoms with Crippen molar-refractivity contribution in [2.24, 2.45) is 0 Å². The number of benzene rings is 2. The van der Waals surface area contributed by atoms with Gasteiger partial charge in [-0.05, 0) is 48.7 Å². The van der Waals surface area contributed by atoms with Gasteiger partial charge in [-0.15, -0.1) is 0 Å². The Morgan fingerprint density at radius 1 is 1.13 bits per heavy atom. The lowest BCUT2D eigenvalue weighted by Gasteiger charge is -2.22. The number of rotatable bonds is 4. The van der Waals surface area contributed by atoms with Gasteiger partial charge in [0, 0.05) is 11.4 Å². The molecule has 30 heavy (non-hydrogen) atoms. The molecule has 0 bridgehead atoms. The highest BCUT2D eigenvalue weighted by Crippen LogP contribution is 2.30. The summed E-state index contributed by atoms with van der Waals surface area (Å²) in [6.07, 6.45) is 0. The third kappa shape index (κ3) is 3.47. The Morgan fingerprint density at radius 3 is 2.63 bits per heavy atom. The smallest absolute Gasteiger partial charge is 0.264 e. The van der Waals surface area contributed by atoms with E-state index in [1.807, 2.05) is 55.5 Å². The van der Waals surface area contributed by atoms with Crippen LogP contribution in [0.5, 0.6) is 0 Å². The lowest BCUT2D eigenvalue weighted by molar-refractivity contribution is 0.774. The molecule has 0 saturated carbocycles. The third-order valence-corrected chi connectivity index (χ3v) is 5.17. The van der Waals surface area contributed by atoms with E-state index >= 15 is 0 Å². The van der Waals surface area contributed by atoms with Gasteiger partial charge in [-0.3, -0.25) is 9.36 Å². The van der Waals surface area contributed by atoms with Gasteiger partial charge in [0.2, 0.25) is 5.69 Å². The minimum atomic E-state index is -0.351. The number of pyridine rings is 2. The quantitative estimate of drug-likeness (QED) is 0.441. The zero-order valence-corrected chi connectivity index (χ0v) is 16.9. The fourth-order valence-electron chi connectivity index (χ4n) is 3.44. The molecule has 0 amide bonds. The van der Waals surface area contributed by atoms with E-state index in [4.69, 9.17) is 23.9 Å². The largest absolute Gasteiger partial charge is 0.384 e. The van der Waals surface area contributed by atoms with Crippen molar-refractivity contribution in [1.29, 1.82) is 0 Å². The maximum atomic E-state index is 13.5. The van der Waals surface area contributed by atoms with Gasteiger partial charge in [-0.2, -0.15) is 0 Å². The van der Waals surface area contributed by atoms with Gasteiger partial charge >= 0.3 is 0 Å². The standard InChI is InChI=1S/C23H18ClN5O/c1-14(27-22-18(26-2)11-12-20(25)28-22)19-13-15-7-6-10-17(24)21(15)23(30)29(19)16-8-4-3-5-9-16/h3-14H,1H3,(H3,25,27,28)/t14-/m0/s1. The molecular weight excluding hydrogens is 398 g/mol. The molecule has 7 heteroatoms. The third-order valence-electron chi connectivity index (χ3n) is 4.85. The monoisotopic (exact) mass is 415 g/mol. The molecule has 0 saturated heterocycles. The summed E-state index contributed by atoms with van der Waals surface area (Å²) in [5, 5.41) is 4.85. The first-order valence-electron chi connectivity index (χ1n) is 9.29. The van der Waals surface area contributed by atoms with Crippen LogP contribution in [-0.4, -0.2) is 9.55 Å². The predicted octanol–water partition coefficient (Wildman–Crippen LogP) is 5.35. The topological polar surface area (TPSA) is 77.3 Å². The highest BCUT2D eigenvalue weighted by Gasteiger charge is 2.19. The lowest BCUT2D eigenvalue weighted by atomic mass is 10.1. The van der Waals surface area contributed by atoms with Gasteiger partial charge < -0.3 is 11.1 Å². The van der Waals surface area contributed by atoms with E-state index in [0.717, 1.165) is 11.1 Å². The number of fused-ring (bicyclic) bond motifs is 1. The molecule has 2 aromatic carbocycles. The number of nitrogens with one attached hydrogen (secondary N) is 1. The van der Waals surface area contributed by atoms with Crippen LogP contribution >= 0.6 is 11.6 Å². The van der Waals surface area contributed by atoms with Crippen molar-refractivity contribution in [1.82, 2.24) is 9.55 Å². The number of nitrogen functional groups attached to an aromatic ring is 1. The number of para-hydroxylation sites is 1. The first-order chi connectivity index (χ1) is 14.5. The van der Waals surface area contributed by atoms with Crippen LogP contribution in [0, 0.1) is 6.57 Å². The van der Waals surface area contributed by atoms with Crippen molar-refractivity contribution in [3.05, 3.63) is 99.2 Å². The zero-order valence-electron chi connectivity index (χ0n) is 16.1. The number of aromatic nitrogens is 2. The first-order valence-corrected chi connectivity index (χ1v) is 9.67. The lowest BCUT2D eigenvalue weighted by Crippen LogP contribution is -2.25. The molecule has 0 fully saturated rings. The highest BCUT2D eigenvalue weighted by molar-refractivity contribution is 6.35. The van der Waals surface area contributed by atoms with Gasteiger partial charge in [0.1, 0.15) is 11.6 Å². The predicted molar refractivity (Wildman–Crippen MR) is 122 cm³/mol. The second-order valence-electron chi connectivity index (χ2n) is 6.83. The van der Waals surface area contributed by atoms with Crippen LogP contribution in [0.15, 0.2) is 71.5 Å². The maximum absolute atomic E-state index is 13.5. The fourth-order valence-corrected chi connectivity index (χ4v) is 3.71. The van der Waals surface area contributed by atoms with E-state index in [2.05, 4.69) is 15.1 Å². The van der Waals surface area contributed by atoms with Gasteiger partial charge in [-0.1, -0.05) is 41.9 Å². The molecule has 1 atom stereocenters. The molecule has 6 nitrogen and oxygen atoms in total. The van der Waals surface area contributed by atoms with Crippen LogP contribution in [0.4, 0.5) is 17.3 Å². The molecule has 0 radical (unpaired) electrons. The van der Waals surface area contributed by atoms with Crippen LogP contribution in [0.1, 0.15) is 18.7 Å². The Balaban J connectivity index is 1.93. The summed E-state index contributed by atoms with van der Waals surface area (Å²) >= 11 is 6.35. The molecule has 0 spiro atoms. The molecule has 0 aliphatic rings. The van der Waals surface area contributed by atoms with Crippen LogP contribution < -0.4 is 16.6 Å². The number of nitrogens with two attached hydrogens (primary N) is 1. The summed E-state index contributed by atoms with van der Waals surface area (Å²) in [5.41, 5.74) is 7.39. The minimum Gasteiger partial charge on any atom is -0.384 e. The van der Waals surface area contributed by atoms with Crippen molar-refractivity contribution < 1.29 is 0 Å². The zero-order chi connectivity index (χ0) is 21.3. The van der Waals surface area contributed by atoms with Crippen molar-refractivity contribution in [2.75, 3.05) is 11.1 Å². The average Bonchev–Trinajstić information content (AvgIpc) is 2.74. The van der Waals surface area contributed by atoms with Crippen LogP contribution in [0.25, 0.3) is 21.3 Å². The molecule has 148 valence electrons. The second-order valence-corrected chi connectivity index (χ2v) is 7.24. The van der Waals surface area contributed by atoms with E-state index in [-0.39, 0.29) is 11.6 Å². The van der Waals surface area contributed by atoms with Gasteiger partial charge in [-0.25, -0.2) is 9.83 Å². The Hall–Kier alpha value is -3.82. The van der Waals surface area contributed by atoms with Crippen LogP contribution in [-0.2, 0) is 0 Å². The van der Waals surface area contributed by atoms with E-state index in [1.165, 1.54) is 0 Å². The Bertz CT molecular complexity index is 1340. The van der Waals surface area contributed by atoms with E-state index < -0.39 is 0 Å². The van der Waals surface area contributed by atoms with Crippen molar-refractivity contribution in [3.8, 4) is 5.69 Å². The van der Waals surface area contributed by atoms with E-state index in [9.17, 15) is 4.79 Å². The first kappa shape index (κ1) is 19.5. The van der Waals surface area contributed by atoms with Gasteiger partial charge in [0.05, 0.1) is 23.0 Å². The summed E-state index contributed by atoms with van der Waals surface area (Å²) < 4.78 is 1.63. The maximum Gasteiger partial charge on any atom is 0.264 e. The summed E-state index contributed by atoms with van der Waals surface area (Å²) in [7, 11) is 0. The summed E-state index contributed by atoms with van der Waals surface area (Å²) in [5.74, 6) is 0.679. The molecule has 2 heterocycles. The van der Waals surface area contributed by atoms with Crippen molar-refractivity contribution >= 4 is 39.7 Å². The molecule has 0 aliphatic carbocycles.